The van der Waals surface area contributed by atoms with Crippen molar-refractivity contribution in [1.82, 2.24) is 9.80 Å². The molecule has 0 spiro atoms. The molecule has 3 atom stereocenters. The second-order valence-electron chi connectivity index (χ2n) is 7.22. The molecule has 21 heavy (non-hydrogen) atoms. The zero-order chi connectivity index (χ0) is 14.7. The van der Waals surface area contributed by atoms with E-state index in [0.717, 1.165) is 25.9 Å². The van der Waals surface area contributed by atoms with Crippen LogP contribution in [0.3, 0.4) is 0 Å². The Hall–Kier alpha value is -0.610. The van der Waals surface area contributed by atoms with E-state index in [2.05, 4.69) is 9.80 Å². The SMILES string of the molecule is NC[C@H]1CCC[C@H]1C(=O)N1CCCC1CN1CCCCC1. The first kappa shape index (κ1) is 15.3. The van der Waals surface area contributed by atoms with Crippen LogP contribution in [0.2, 0.25) is 0 Å². The molecule has 0 radical (unpaired) electrons. The van der Waals surface area contributed by atoms with Crippen LogP contribution < -0.4 is 5.73 Å². The first-order valence-corrected chi connectivity index (χ1v) is 9.02. The summed E-state index contributed by atoms with van der Waals surface area (Å²) < 4.78 is 0. The van der Waals surface area contributed by atoms with Gasteiger partial charge in [-0.05, 0) is 64.1 Å². The molecule has 3 rings (SSSR count). The number of piperidine rings is 1. The van der Waals surface area contributed by atoms with E-state index in [-0.39, 0.29) is 5.92 Å². The number of carbonyl (C=O) groups excluding carboxylic acids is 1. The molecule has 3 fully saturated rings. The predicted molar refractivity (Wildman–Crippen MR) is 84.9 cm³/mol. The Balaban J connectivity index is 1.59. The Kier molecular flexibility index (Phi) is 5.17. The molecule has 2 aliphatic heterocycles. The van der Waals surface area contributed by atoms with E-state index < -0.39 is 0 Å². The Morgan fingerprint density at radius 3 is 2.52 bits per heavy atom. The van der Waals surface area contributed by atoms with Gasteiger partial charge in [-0.25, -0.2) is 0 Å². The molecule has 1 amide bonds. The highest BCUT2D eigenvalue weighted by molar-refractivity contribution is 5.80. The van der Waals surface area contributed by atoms with E-state index >= 15 is 0 Å². The summed E-state index contributed by atoms with van der Waals surface area (Å²) in [5.41, 5.74) is 5.87. The van der Waals surface area contributed by atoms with Gasteiger partial charge in [-0.3, -0.25) is 4.79 Å². The molecule has 2 N–H and O–H groups in total. The molecule has 4 nitrogen and oxygen atoms in total. The van der Waals surface area contributed by atoms with Gasteiger partial charge in [0.1, 0.15) is 0 Å². The Morgan fingerprint density at radius 2 is 1.76 bits per heavy atom. The fraction of sp³-hybridized carbons (Fsp3) is 0.941. The zero-order valence-corrected chi connectivity index (χ0v) is 13.3. The van der Waals surface area contributed by atoms with Crippen LogP contribution in [0.25, 0.3) is 0 Å². The summed E-state index contributed by atoms with van der Waals surface area (Å²) in [5.74, 6) is 1.08. The Morgan fingerprint density at radius 1 is 0.952 bits per heavy atom. The fourth-order valence-corrected chi connectivity index (χ4v) is 4.61. The summed E-state index contributed by atoms with van der Waals surface area (Å²) >= 11 is 0. The maximum atomic E-state index is 12.9. The molecular formula is C17H31N3O. The van der Waals surface area contributed by atoms with Crippen LogP contribution in [0.1, 0.15) is 51.4 Å². The molecule has 1 unspecified atom stereocenters. The van der Waals surface area contributed by atoms with Crippen molar-refractivity contribution >= 4 is 5.91 Å². The van der Waals surface area contributed by atoms with Gasteiger partial charge >= 0.3 is 0 Å². The van der Waals surface area contributed by atoms with Crippen LogP contribution in [0.5, 0.6) is 0 Å². The van der Waals surface area contributed by atoms with Crippen molar-refractivity contribution < 1.29 is 4.79 Å². The van der Waals surface area contributed by atoms with Crippen molar-refractivity contribution in [3.8, 4) is 0 Å². The summed E-state index contributed by atoms with van der Waals surface area (Å²) in [6.45, 7) is 5.22. The third-order valence-corrected chi connectivity index (χ3v) is 5.86. The predicted octanol–water partition coefficient (Wildman–Crippen LogP) is 1.84. The highest BCUT2D eigenvalue weighted by atomic mass is 16.2. The van der Waals surface area contributed by atoms with Crippen LogP contribution in [0, 0.1) is 11.8 Å². The lowest BCUT2D eigenvalue weighted by molar-refractivity contribution is -0.137. The Labute approximate surface area is 129 Å². The van der Waals surface area contributed by atoms with E-state index in [0.29, 0.717) is 24.4 Å². The van der Waals surface area contributed by atoms with Crippen molar-refractivity contribution in [3.63, 3.8) is 0 Å². The Bertz CT molecular complexity index is 354. The van der Waals surface area contributed by atoms with Crippen molar-refractivity contribution in [2.75, 3.05) is 32.7 Å². The number of nitrogens with two attached hydrogens (primary N) is 1. The molecule has 120 valence electrons. The highest BCUT2D eigenvalue weighted by Gasteiger charge is 2.39. The third kappa shape index (κ3) is 3.42. The van der Waals surface area contributed by atoms with Gasteiger partial charge < -0.3 is 15.5 Å². The number of hydrogen-bond acceptors (Lipinski definition) is 3. The van der Waals surface area contributed by atoms with Gasteiger partial charge in [0.15, 0.2) is 0 Å². The second-order valence-corrected chi connectivity index (χ2v) is 7.22. The van der Waals surface area contributed by atoms with Gasteiger partial charge in [0.2, 0.25) is 5.91 Å². The smallest absolute Gasteiger partial charge is 0.226 e. The molecular weight excluding hydrogens is 262 g/mol. The second kappa shape index (κ2) is 7.10. The molecule has 1 saturated carbocycles. The van der Waals surface area contributed by atoms with Crippen molar-refractivity contribution in [3.05, 3.63) is 0 Å². The topological polar surface area (TPSA) is 49.6 Å². The van der Waals surface area contributed by atoms with Gasteiger partial charge in [0.05, 0.1) is 0 Å². The number of carbonyl (C=O) groups is 1. The normalized spacial score (nSPS) is 34.5. The van der Waals surface area contributed by atoms with Crippen LogP contribution in [-0.4, -0.2) is 54.5 Å². The lowest BCUT2D eigenvalue weighted by Gasteiger charge is -2.34. The number of rotatable bonds is 4. The average molecular weight is 293 g/mol. The minimum Gasteiger partial charge on any atom is -0.338 e. The first-order chi connectivity index (χ1) is 10.3. The maximum Gasteiger partial charge on any atom is 0.226 e. The van der Waals surface area contributed by atoms with Crippen molar-refractivity contribution in [2.24, 2.45) is 17.6 Å². The minimum absolute atomic E-state index is 0.219. The molecule has 2 heterocycles. The maximum absolute atomic E-state index is 12.9. The van der Waals surface area contributed by atoms with E-state index in [1.54, 1.807) is 0 Å². The molecule has 0 aromatic rings. The van der Waals surface area contributed by atoms with Crippen LogP contribution in [0.15, 0.2) is 0 Å². The van der Waals surface area contributed by atoms with Crippen LogP contribution >= 0.6 is 0 Å². The standard InChI is InChI=1S/C17H31N3O/c18-12-14-6-4-8-16(14)17(21)20-11-5-7-15(20)13-19-9-2-1-3-10-19/h14-16H,1-13,18H2/t14-,15?,16-/m1/s1. The largest absolute Gasteiger partial charge is 0.338 e. The van der Waals surface area contributed by atoms with Crippen molar-refractivity contribution in [2.45, 2.75) is 57.4 Å². The fourth-order valence-electron chi connectivity index (χ4n) is 4.61. The van der Waals surface area contributed by atoms with E-state index in [1.165, 1.54) is 51.6 Å². The number of likely N-dealkylation sites (tertiary alicyclic amines) is 2. The summed E-state index contributed by atoms with van der Waals surface area (Å²) in [5, 5.41) is 0. The number of nitrogens with zero attached hydrogens (tertiary/aromatic N) is 2. The summed E-state index contributed by atoms with van der Waals surface area (Å²) in [4.78, 5) is 17.7. The average Bonchev–Trinajstić information content (AvgIpc) is 3.16. The van der Waals surface area contributed by atoms with E-state index in [1.807, 2.05) is 0 Å². The van der Waals surface area contributed by atoms with Gasteiger partial charge in [-0.2, -0.15) is 0 Å². The molecule has 0 aromatic heterocycles. The molecule has 4 heteroatoms. The molecule has 0 bridgehead atoms. The molecule has 3 aliphatic rings. The minimum atomic E-state index is 0.219. The van der Waals surface area contributed by atoms with Crippen LogP contribution in [-0.2, 0) is 4.79 Å². The summed E-state index contributed by atoms with van der Waals surface area (Å²) in [7, 11) is 0. The third-order valence-electron chi connectivity index (χ3n) is 5.86. The summed E-state index contributed by atoms with van der Waals surface area (Å²) in [6, 6.07) is 0.467. The van der Waals surface area contributed by atoms with Gasteiger partial charge in [0, 0.05) is 25.0 Å². The van der Waals surface area contributed by atoms with Gasteiger partial charge in [-0.1, -0.05) is 12.8 Å². The van der Waals surface area contributed by atoms with Gasteiger partial charge in [-0.15, -0.1) is 0 Å². The lowest BCUT2D eigenvalue weighted by atomic mass is 9.94. The summed E-state index contributed by atoms with van der Waals surface area (Å²) in [6.07, 6.45) is 9.82. The van der Waals surface area contributed by atoms with Crippen LogP contribution in [0.4, 0.5) is 0 Å². The monoisotopic (exact) mass is 293 g/mol. The lowest BCUT2D eigenvalue weighted by Crippen LogP contribution is -2.47. The molecule has 1 aliphatic carbocycles. The van der Waals surface area contributed by atoms with Crippen molar-refractivity contribution in [1.29, 1.82) is 0 Å². The van der Waals surface area contributed by atoms with E-state index in [4.69, 9.17) is 5.73 Å². The zero-order valence-electron chi connectivity index (χ0n) is 13.3. The van der Waals surface area contributed by atoms with E-state index in [9.17, 15) is 4.79 Å². The number of hydrogen-bond donors (Lipinski definition) is 1. The molecule has 0 aromatic carbocycles. The molecule has 2 saturated heterocycles. The highest BCUT2D eigenvalue weighted by Crippen LogP contribution is 2.34. The van der Waals surface area contributed by atoms with Gasteiger partial charge in [0.25, 0.3) is 0 Å². The first-order valence-electron chi connectivity index (χ1n) is 9.02. The number of amides is 1. The quantitative estimate of drug-likeness (QED) is 0.860.